The third-order valence-corrected chi connectivity index (χ3v) is 4.72. The molecule has 0 radical (unpaired) electrons. The number of benzene rings is 2. The maximum Gasteiger partial charge on any atom is 1.00 e. The molecular formula is C18H16ClKN2O5S. The minimum Gasteiger partial charge on any atom is -0.714 e. The first-order valence-electron chi connectivity index (χ1n) is 8.06. The Labute approximate surface area is 211 Å². The summed E-state index contributed by atoms with van der Waals surface area (Å²) in [5.74, 6) is -0.201. The van der Waals surface area contributed by atoms with Gasteiger partial charge in [0.2, 0.25) is 0 Å². The minimum atomic E-state index is -4.96. The second-order valence-electron chi connectivity index (χ2n) is 6.21. The fourth-order valence-electron chi connectivity index (χ4n) is 3.04. The van der Waals surface area contributed by atoms with Crippen LogP contribution in [0.5, 0.6) is 0 Å². The summed E-state index contributed by atoms with van der Waals surface area (Å²) in [6, 6.07) is 10.4. The number of anilines is 1. The Kier molecular flexibility index (Phi) is 7.85. The van der Waals surface area contributed by atoms with Gasteiger partial charge in [-0.15, -0.1) is 0 Å². The summed E-state index contributed by atoms with van der Waals surface area (Å²) in [6.07, 6.45) is 0.223. The number of fused-ring (bicyclic) bond motifs is 1. The monoisotopic (exact) mass is 446 g/mol. The van der Waals surface area contributed by atoms with E-state index < -0.39 is 10.4 Å². The molecule has 1 heterocycles. The number of amides is 1. The van der Waals surface area contributed by atoms with Crippen LogP contribution in [0.3, 0.4) is 0 Å². The molecule has 1 aliphatic heterocycles. The summed E-state index contributed by atoms with van der Waals surface area (Å²) < 4.78 is 36.1. The number of carbonyl (C=O) groups is 1. The van der Waals surface area contributed by atoms with Gasteiger partial charge >= 0.3 is 51.4 Å². The van der Waals surface area contributed by atoms with Crippen LogP contribution in [0.15, 0.2) is 41.6 Å². The smallest absolute Gasteiger partial charge is 0.714 e. The number of nitrogens with zero attached hydrogens (tertiary/aromatic N) is 2. The van der Waals surface area contributed by atoms with Crippen LogP contribution >= 0.6 is 11.6 Å². The fraction of sp³-hybridized carbons (Fsp3) is 0.222. The Balaban J connectivity index is 0.00000280. The van der Waals surface area contributed by atoms with Crippen molar-refractivity contribution in [2.24, 2.45) is 5.16 Å². The van der Waals surface area contributed by atoms with Crippen molar-refractivity contribution in [1.82, 2.24) is 0 Å². The number of halogens is 1. The molecule has 0 spiro atoms. The van der Waals surface area contributed by atoms with Crippen LogP contribution in [0.1, 0.15) is 33.5 Å². The molecule has 0 saturated carbocycles. The van der Waals surface area contributed by atoms with Crippen molar-refractivity contribution in [2.75, 3.05) is 11.4 Å². The number of oxime groups is 1. The molecule has 2 aromatic rings. The van der Waals surface area contributed by atoms with E-state index in [0.717, 1.165) is 11.1 Å². The normalized spacial score (nSPS) is 15.0. The van der Waals surface area contributed by atoms with E-state index in [1.54, 1.807) is 29.2 Å². The quantitative estimate of drug-likeness (QED) is 0.290. The van der Waals surface area contributed by atoms with Gasteiger partial charge in [0, 0.05) is 29.1 Å². The number of aryl methyl sites for hydroxylation is 2. The zero-order valence-corrected chi connectivity index (χ0v) is 20.3. The fourth-order valence-corrected chi connectivity index (χ4v) is 3.39. The Morgan fingerprint density at radius 3 is 2.57 bits per heavy atom. The maximum absolute atomic E-state index is 13.1. The summed E-state index contributed by atoms with van der Waals surface area (Å²) >= 11 is 6.09. The molecule has 0 fully saturated rings. The number of hydrogen-bond donors (Lipinski definition) is 0. The molecule has 0 aromatic heterocycles. The molecule has 7 nitrogen and oxygen atoms in total. The van der Waals surface area contributed by atoms with Gasteiger partial charge < -0.3 is 9.45 Å². The van der Waals surface area contributed by atoms with Crippen molar-refractivity contribution in [3.05, 3.63) is 63.7 Å². The van der Waals surface area contributed by atoms with E-state index in [4.69, 9.17) is 11.6 Å². The van der Waals surface area contributed by atoms with E-state index in [0.29, 0.717) is 21.8 Å². The van der Waals surface area contributed by atoms with Crippen molar-refractivity contribution < 1.29 is 73.4 Å². The van der Waals surface area contributed by atoms with E-state index in [1.165, 1.54) is 0 Å². The van der Waals surface area contributed by atoms with Gasteiger partial charge in [-0.3, -0.25) is 9.08 Å². The SMILES string of the molecule is Cc1ccc(C(=O)N2CC/C(=N/OS(=O)(=O)[O-])c3ccc(Cl)cc32)c(C)c1.[K+]. The molecule has 0 unspecified atom stereocenters. The van der Waals surface area contributed by atoms with Crippen LogP contribution in [0.25, 0.3) is 0 Å². The Hall–Kier alpha value is -0.784. The molecule has 0 bridgehead atoms. The van der Waals surface area contributed by atoms with E-state index in [2.05, 4.69) is 9.44 Å². The second kappa shape index (κ2) is 9.35. The summed E-state index contributed by atoms with van der Waals surface area (Å²) in [4.78, 5) is 14.7. The topological polar surface area (TPSA) is 99.1 Å². The number of hydrogen-bond acceptors (Lipinski definition) is 6. The van der Waals surface area contributed by atoms with Crippen molar-refractivity contribution in [3.63, 3.8) is 0 Å². The first-order valence-corrected chi connectivity index (χ1v) is 9.77. The second-order valence-corrected chi connectivity index (χ2v) is 7.61. The van der Waals surface area contributed by atoms with Gasteiger partial charge in [-0.2, -0.15) is 8.42 Å². The van der Waals surface area contributed by atoms with Gasteiger partial charge in [-0.1, -0.05) is 34.5 Å². The van der Waals surface area contributed by atoms with Gasteiger partial charge in [0.1, 0.15) is 0 Å². The molecule has 2 aromatic carbocycles. The van der Waals surface area contributed by atoms with Gasteiger partial charge in [0.15, 0.2) is 0 Å². The molecule has 1 aliphatic rings. The van der Waals surface area contributed by atoms with Crippen LogP contribution < -0.4 is 56.3 Å². The van der Waals surface area contributed by atoms with E-state index in [1.807, 2.05) is 26.0 Å². The average Bonchev–Trinajstić information content (AvgIpc) is 2.58. The van der Waals surface area contributed by atoms with Crippen molar-refractivity contribution in [2.45, 2.75) is 20.3 Å². The standard InChI is InChI=1S/C18H17ClN2O5S.K/c1-11-3-5-14(12(2)9-11)18(22)21-8-7-16(20-26-27(23,24)25)15-6-4-13(19)10-17(15)21;/h3-6,9-10H,7-8H2,1-2H3,(H,23,24,25);/q;+1/p-1/b20-16-;. The van der Waals surface area contributed by atoms with Gasteiger partial charge in [-0.25, -0.2) is 0 Å². The number of carbonyl (C=O) groups excluding carboxylic acids is 1. The summed E-state index contributed by atoms with van der Waals surface area (Å²) in [5, 5.41) is 3.86. The molecule has 3 rings (SSSR count). The van der Waals surface area contributed by atoms with Crippen LogP contribution in [0.2, 0.25) is 5.02 Å². The van der Waals surface area contributed by atoms with Gasteiger partial charge in [0.05, 0.1) is 11.4 Å². The third-order valence-electron chi connectivity index (χ3n) is 4.23. The number of rotatable bonds is 3. The molecule has 142 valence electrons. The summed E-state index contributed by atoms with van der Waals surface area (Å²) in [6.45, 7) is 4.05. The van der Waals surface area contributed by atoms with E-state index in [9.17, 15) is 17.8 Å². The van der Waals surface area contributed by atoms with Crippen LogP contribution in [0, 0.1) is 13.8 Å². The first kappa shape index (κ1) is 23.5. The van der Waals surface area contributed by atoms with Crippen molar-refractivity contribution in [3.8, 4) is 0 Å². The third kappa shape index (κ3) is 5.42. The van der Waals surface area contributed by atoms with Crippen molar-refractivity contribution >= 4 is 39.3 Å². The zero-order valence-electron chi connectivity index (χ0n) is 15.6. The van der Waals surface area contributed by atoms with Crippen LogP contribution in [-0.2, 0) is 14.7 Å². The Bertz CT molecular complexity index is 1060. The predicted molar refractivity (Wildman–Crippen MR) is 101 cm³/mol. The minimum absolute atomic E-state index is 0. The van der Waals surface area contributed by atoms with Crippen LogP contribution in [-0.4, -0.2) is 31.1 Å². The largest absolute Gasteiger partial charge is 1.00 e. The van der Waals surface area contributed by atoms with Crippen molar-refractivity contribution in [1.29, 1.82) is 0 Å². The maximum atomic E-state index is 13.1. The predicted octanol–water partition coefficient (Wildman–Crippen LogP) is 0.192. The molecule has 0 N–H and O–H groups in total. The molecule has 10 heteroatoms. The molecule has 0 saturated heterocycles. The zero-order chi connectivity index (χ0) is 19.8. The molecule has 1 amide bonds. The average molecular weight is 447 g/mol. The molecule has 0 aliphatic carbocycles. The molecule has 28 heavy (non-hydrogen) atoms. The first-order chi connectivity index (χ1) is 12.7. The van der Waals surface area contributed by atoms with Gasteiger partial charge in [0.25, 0.3) is 16.3 Å². The van der Waals surface area contributed by atoms with Crippen LogP contribution in [0.4, 0.5) is 5.69 Å². The summed E-state index contributed by atoms with van der Waals surface area (Å²) in [7, 11) is -4.96. The molecular weight excluding hydrogens is 431 g/mol. The van der Waals surface area contributed by atoms with Gasteiger partial charge in [-0.05, 0) is 43.7 Å². The summed E-state index contributed by atoms with van der Waals surface area (Å²) in [5.41, 5.74) is 3.67. The van der Waals surface area contributed by atoms with E-state index in [-0.39, 0.29) is 76.0 Å². The molecule has 0 atom stereocenters. The Morgan fingerprint density at radius 1 is 1.21 bits per heavy atom. The Morgan fingerprint density at radius 2 is 1.93 bits per heavy atom. The van der Waals surface area contributed by atoms with E-state index >= 15 is 0 Å².